The van der Waals surface area contributed by atoms with E-state index in [0.717, 1.165) is 0 Å². The van der Waals surface area contributed by atoms with Crippen LogP contribution in [-0.2, 0) is 0 Å². The molecule has 0 saturated heterocycles. The maximum Gasteiger partial charge on any atom is 0.319 e. The number of rotatable bonds is 5. The standard InChI is InChI=1S/C17H19F2N3O3/c1-10-5-7-13(22(10)17(18)19)15(23)20-11-6-8-14(25-4)12(9-11)16(24)21(2)3/h5-9,17H,1-4H3,(H,20,23). The molecule has 2 amide bonds. The number of ether oxygens (including phenoxy) is 1. The number of benzene rings is 1. The minimum Gasteiger partial charge on any atom is -0.496 e. The van der Waals surface area contributed by atoms with Crippen molar-refractivity contribution < 1.29 is 23.1 Å². The number of hydrogen-bond acceptors (Lipinski definition) is 3. The molecule has 0 saturated carbocycles. The first-order valence-corrected chi connectivity index (χ1v) is 7.43. The second-order valence-corrected chi connectivity index (χ2v) is 5.58. The van der Waals surface area contributed by atoms with Gasteiger partial charge in [-0.1, -0.05) is 0 Å². The van der Waals surface area contributed by atoms with Gasteiger partial charge >= 0.3 is 6.55 Å². The van der Waals surface area contributed by atoms with E-state index in [1.807, 2.05) is 0 Å². The fourth-order valence-corrected chi connectivity index (χ4v) is 2.38. The molecule has 0 atom stereocenters. The van der Waals surface area contributed by atoms with Crippen molar-refractivity contribution in [3.63, 3.8) is 0 Å². The molecule has 0 aliphatic heterocycles. The summed E-state index contributed by atoms with van der Waals surface area (Å²) in [5.41, 5.74) is 0.670. The number of carbonyl (C=O) groups excluding carboxylic acids is 2. The van der Waals surface area contributed by atoms with Crippen molar-refractivity contribution in [2.75, 3.05) is 26.5 Å². The Balaban J connectivity index is 2.33. The molecule has 134 valence electrons. The minimum absolute atomic E-state index is 0.163. The zero-order chi connectivity index (χ0) is 18.7. The van der Waals surface area contributed by atoms with Crippen LogP contribution in [0.1, 0.15) is 33.1 Å². The lowest BCUT2D eigenvalue weighted by Crippen LogP contribution is -2.23. The lowest BCUT2D eigenvalue weighted by molar-refractivity contribution is 0.0632. The third-order valence-corrected chi connectivity index (χ3v) is 3.64. The monoisotopic (exact) mass is 351 g/mol. The van der Waals surface area contributed by atoms with Crippen LogP contribution in [0.5, 0.6) is 5.75 Å². The second-order valence-electron chi connectivity index (χ2n) is 5.58. The highest BCUT2D eigenvalue weighted by Gasteiger charge is 2.20. The number of carbonyl (C=O) groups is 2. The molecule has 0 unspecified atom stereocenters. The number of halogens is 2. The topological polar surface area (TPSA) is 63.6 Å². The van der Waals surface area contributed by atoms with E-state index in [1.54, 1.807) is 14.1 Å². The number of nitrogens with zero attached hydrogens (tertiary/aromatic N) is 2. The van der Waals surface area contributed by atoms with Crippen molar-refractivity contribution >= 4 is 17.5 Å². The molecule has 25 heavy (non-hydrogen) atoms. The van der Waals surface area contributed by atoms with Gasteiger partial charge < -0.3 is 15.0 Å². The summed E-state index contributed by atoms with van der Waals surface area (Å²) in [6.07, 6.45) is 0. The molecule has 2 rings (SSSR count). The van der Waals surface area contributed by atoms with Gasteiger partial charge in [-0.15, -0.1) is 0 Å². The van der Waals surface area contributed by atoms with Crippen molar-refractivity contribution in [2.45, 2.75) is 13.5 Å². The molecule has 0 radical (unpaired) electrons. The van der Waals surface area contributed by atoms with E-state index < -0.39 is 12.5 Å². The zero-order valence-corrected chi connectivity index (χ0v) is 14.3. The number of aromatic nitrogens is 1. The van der Waals surface area contributed by atoms with Crippen LogP contribution in [0.2, 0.25) is 0 Å². The van der Waals surface area contributed by atoms with Gasteiger partial charge in [-0.3, -0.25) is 14.2 Å². The summed E-state index contributed by atoms with van der Waals surface area (Å²) in [6.45, 7) is -1.33. The quantitative estimate of drug-likeness (QED) is 0.900. The van der Waals surface area contributed by atoms with Crippen LogP contribution in [0.25, 0.3) is 0 Å². The highest BCUT2D eigenvalue weighted by molar-refractivity contribution is 6.04. The number of amides is 2. The van der Waals surface area contributed by atoms with Gasteiger partial charge in [0.2, 0.25) is 0 Å². The lowest BCUT2D eigenvalue weighted by atomic mass is 10.1. The number of hydrogen-bond donors (Lipinski definition) is 1. The van der Waals surface area contributed by atoms with Gasteiger partial charge in [-0.05, 0) is 37.3 Å². The van der Waals surface area contributed by atoms with Crippen LogP contribution in [0.4, 0.5) is 14.5 Å². The van der Waals surface area contributed by atoms with E-state index in [0.29, 0.717) is 16.0 Å². The van der Waals surface area contributed by atoms with Crippen LogP contribution < -0.4 is 10.1 Å². The number of nitrogens with one attached hydrogen (secondary N) is 1. The largest absolute Gasteiger partial charge is 0.496 e. The van der Waals surface area contributed by atoms with Crippen LogP contribution in [0, 0.1) is 6.92 Å². The fraction of sp³-hybridized carbons (Fsp3) is 0.294. The number of aryl methyl sites for hydroxylation is 1. The van der Waals surface area contributed by atoms with Crippen molar-refractivity contribution in [1.29, 1.82) is 0 Å². The molecule has 1 aromatic carbocycles. The van der Waals surface area contributed by atoms with Gasteiger partial charge in [-0.25, -0.2) is 0 Å². The molecule has 6 nitrogen and oxygen atoms in total. The Morgan fingerprint density at radius 2 is 1.88 bits per heavy atom. The predicted octanol–water partition coefficient (Wildman–Crippen LogP) is 3.15. The van der Waals surface area contributed by atoms with Gasteiger partial charge in [0.05, 0.1) is 12.7 Å². The van der Waals surface area contributed by atoms with Crippen LogP contribution in [0.3, 0.4) is 0 Å². The third-order valence-electron chi connectivity index (χ3n) is 3.64. The number of alkyl halides is 2. The van der Waals surface area contributed by atoms with Crippen LogP contribution in [-0.4, -0.2) is 42.5 Å². The summed E-state index contributed by atoms with van der Waals surface area (Å²) in [7, 11) is 4.61. The Labute approximate surface area is 144 Å². The Bertz CT molecular complexity index is 800. The summed E-state index contributed by atoms with van der Waals surface area (Å²) < 4.78 is 32.0. The van der Waals surface area contributed by atoms with E-state index >= 15 is 0 Å². The normalized spacial score (nSPS) is 10.7. The second kappa shape index (κ2) is 7.33. The van der Waals surface area contributed by atoms with Gasteiger partial charge in [0, 0.05) is 25.5 Å². The van der Waals surface area contributed by atoms with Gasteiger partial charge in [-0.2, -0.15) is 8.78 Å². The molecule has 8 heteroatoms. The SMILES string of the molecule is COc1ccc(NC(=O)c2ccc(C)n2C(F)F)cc1C(=O)N(C)C. The van der Waals surface area contributed by atoms with Gasteiger partial charge in [0.25, 0.3) is 11.8 Å². The molecule has 0 spiro atoms. The van der Waals surface area contributed by atoms with Crippen molar-refractivity contribution in [3.05, 3.63) is 47.3 Å². The molecule has 0 aliphatic carbocycles. The summed E-state index contributed by atoms with van der Waals surface area (Å²) in [6, 6.07) is 7.28. The fourth-order valence-electron chi connectivity index (χ4n) is 2.38. The Hall–Kier alpha value is -2.90. The van der Waals surface area contributed by atoms with Gasteiger partial charge in [0.15, 0.2) is 0 Å². The van der Waals surface area contributed by atoms with Crippen molar-refractivity contribution in [1.82, 2.24) is 9.47 Å². The summed E-state index contributed by atoms with van der Waals surface area (Å²) >= 11 is 0. The highest BCUT2D eigenvalue weighted by atomic mass is 19.3. The Morgan fingerprint density at radius 3 is 2.44 bits per heavy atom. The summed E-state index contributed by atoms with van der Waals surface area (Å²) in [5.74, 6) is -0.648. The molecule has 0 bridgehead atoms. The van der Waals surface area contributed by atoms with E-state index in [9.17, 15) is 18.4 Å². The van der Waals surface area contributed by atoms with E-state index in [1.165, 1.54) is 49.3 Å². The average Bonchev–Trinajstić information content (AvgIpc) is 2.95. The first kappa shape index (κ1) is 18.4. The average molecular weight is 351 g/mol. The van der Waals surface area contributed by atoms with E-state index in [4.69, 9.17) is 4.74 Å². The molecular weight excluding hydrogens is 332 g/mol. The Morgan fingerprint density at radius 1 is 1.20 bits per heavy atom. The highest BCUT2D eigenvalue weighted by Crippen LogP contribution is 2.25. The summed E-state index contributed by atoms with van der Waals surface area (Å²) in [5, 5.41) is 2.53. The third kappa shape index (κ3) is 3.78. The first-order chi connectivity index (χ1) is 11.8. The van der Waals surface area contributed by atoms with Gasteiger partial charge in [0.1, 0.15) is 11.4 Å². The number of methoxy groups -OCH3 is 1. The molecular formula is C17H19F2N3O3. The molecule has 1 heterocycles. The molecule has 0 aliphatic rings. The van der Waals surface area contributed by atoms with Crippen LogP contribution >= 0.6 is 0 Å². The Kier molecular flexibility index (Phi) is 5.41. The van der Waals surface area contributed by atoms with Crippen LogP contribution in [0.15, 0.2) is 30.3 Å². The first-order valence-electron chi connectivity index (χ1n) is 7.43. The molecule has 1 aromatic heterocycles. The molecule has 1 N–H and O–H groups in total. The predicted molar refractivity (Wildman–Crippen MR) is 89.4 cm³/mol. The number of anilines is 1. The molecule has 2 aromatic rings. The summed E-state index contributed by atoms with van der Waals surface area (Å²) in [4.78, 5) is 25.9. The minimum atomic E-state index is -2.82. The molecule has 0 fully saturated rings. The maximum atomic E-state index is 13.1. The maximum absolute atomic E-state index is 13.1. The smallest absolute Gasteiger partial charge is 0.319 e. The lowest BCUT2D eigenvalue weighted by Gasteiger charge is -2.15. The van der Waals surface area contributed by atoms with E-state index in [-0.39, 0.29) is 22.9 Å². The zero-order valence-electron chi connectivity index (χ0n) is 14.3. The van der Waals surface area contributed by atoms with E-state index in [2.05, 4.69) is 5.32 Å². The van der Waals surface area contributed by atoms with Crippen molar-refractivity contribution in [3.8, 4) is 5.75 Å². The van der Waals surface area contributed by atoms with Crippen molar-refractivity contribution in [2.24, 2.45) is 0 Å².